The summed E-state index contributed by atoms with van der Waals surface area (Å²) < 4.78 is 11.1. The van der Waals surface area contributed by atoms with E-state index in [1.54, 1.807) is 0 Å². The maximum Gasteiger partial charge on any atom is 0.359 e. The van der Waals surface area contributed by atoms with Gasteiger partial charge in [-0.3, -0.25) is 19.3 Å². The molecule has 2 heterocycles. The van der Waals surface area contributed by atoms with E-state index in [2.05, 4.69) is 5.32 Å². The summed E-state index contributed by atoms with van der Waals surface area (Å²) in [6.45, 7) is 0.221. The molecule has 9 heteroatoms. The SMILES string of the molecule is O=COC1=C(C(=O)OC(c2ccccc2)c2ccccc2)N2C(=O)[C@@H](NC(=O)Cc3ccccc3)[C@H]2SC1. The van der Waals surface area contributed by atoms with Crippen LogP contribution >= 0.6 is 11.8 Å². The molecule has 2 aliphatic heterocycles. The van der Waals surface area contributed by atoms with Gasteiger partial charge in [0.25, 0.3) is 12.4 Å². The lowest BCUT2D eigenvalue weighted by Gasteiger charge is -2.49. The van der Waals surface area contributed by atoms with E-state index in [4.69, 9.17) is 9.47 Å². The van der Waals surface area contributed by atoms with Crippen LogP contribution in [0.5, 0.6) is 0 Å². The lowest BCUT2D eigenvalue weighted by atomic mass is 10.0. The Balaban J connectivity index is 1.37. The average Bonchev–Trinajstić information content (AvgIpc) is 2.96. The number of ether oxygens (including phenoxy) is 2. The topological polar surface area (TPSA) is 102 Å². The van der Waals surface area contributed by atoms with Crippen molar-refractivity contribution >= 4 is 36.0 Å². The van der Waals surface area contributed by atoms with Crippen LogP contribution in [0.1, 0.15) is 22.8 Å². The number of hydrogen-bond acceptors (Lipinski definition) is 7. The minimum absolute atomic E-state index is 0.0357. The molecule has 192 valence electrons. The second kappa shape index (κ2) is 11.4. The second-order valence-corrected chi connectivity index (χ2v) is 9.81. The Morgan fingerprint density at radius 1 is 0.947 bits per heavy atom. The molecule has 2 atom stereocenters. The van der Waals surface area contributed by atoms with Gasteiger partial charge in [-0.1, -0.05) is 91.0 Å². The van der Waals surface area contributed by atoms with Gasteiger partial charge >= 0.3 is 5.97 Å². The van der Waals surface area contributed by atoms with Gasteiger partial charge in [-0.2, -0.15) is 0 Å². The molecule has 2 aliphatic rings. The van der Waals surface area contributed by atoms with Gasteiger partial charge in [0.1, 0.15) is 17.2 Å². The number of nitrogens with zero attached hydrogens (tertiary/aromatic N) is 1. The Bertz CT molecular complexity index is 1320. The predicted octanol–water partition coefficient (Wildman–Crippen LogP) is 3.35. The van der Waals surface area contributed by atoms with Gasteiger partial charge < -0.3 is 14.8 Å². The summed E-state index contributed by atoms with van der Waals surface area (Å²) in [6, 6.07) is 26.9. The number of nitrogens with one attached hydrogen (secondary N) is 1. The van der Waals surface area contributed by atoms with Gasteiger partial charge in [0.2, 0.25) is 5.91 Å². The van der Waals surface area contributed by atoms with E-state index in [1.807, 2.05) is 91.0 Å². The van der Waals surface area contributed by atoms with Gasteiger partial charge in [-0.25, -0.2) is 4.79 Å². The lowest BCUT2D eigenvalue weighted by molar-refractivity contribution is -0.155. The van der Waals surface area contributed by atoms with Crippen molar-refractivity contribution < 1.29 is 28.7 Å². The highest BCUT2D eigenvalue weighted by Crippen LogP contribution is 2.41. The first-order valence-electron chi connectivity index (χ1n) is 12.0. The molecule has 0 radical (unpaired) electrons. The summed E-state index contributed by atoms with van der Waals surface area (Å²) in [5, 5.41) is 2.24. The Hall–Kier alpha value is -4.37. The molecule has 2 amide bonds. The monoisotopic (exact) mass is 528 g/mol. The first kappa shape index (κ1) is 25.3. The van der Waals surface area contributed by atoms with Crippen molar-refractivity contribution in [1.82, 2.24) is 10.2 Å². The van der Waals surface area contributed by atoms with E-state index < -0.39 is 29.4 Å². The first-order valence-corrected chi connectivity index (χ1v) is 13.0. The number of amides is 2. The minimum atomic E-state index is -0.809. The predicted molar refractivity (Wildman–Crippen MR) is 140 cm³/mol. The van der Waals surface area contributed by atoms with E-state index in [-0.39, 0.29) is 36.0 Å². The number of benzene rings is 3. The van der Waals surface area contributed by atoms with Crippen LogP contribution < -0.4 is 5.32 Å². The Kier molecular flexibility index (Phi) is 7.55. The largest absolute Gasteiger partial charge is 0.448 e. The number of hydrogen-bond donors (Lipinski definition) is 1. The lowest BCUT2D eigenvalue weighted by Crippen LogP contribution is -2.70. The zero-order valence-corrected chi connectivity index (χ0v) is 21.0. The summed E-state index contributed by atoms with van der Waals surface area (Å²) in [5.74, 6) is -1.38. The fourth-order valence-electron chi connectivity index (χ4n) is 4.48. The van der Waals surface area contributed by atoms with Crippen LogP contribution in [-0.2, 0) is 35.1 Å². The molecular weight excluding hydrogens is 504 g/mol. The van der Waals surface area contributed by atoms with Crippen molar-refractivity contribution in [2.45, 2.75) is 23.9 Å². The third kappa shape index (κ3) is 5.19. The number of carbonyl (C=O) groups is 4. The average molecular weight is 529 g/mol. The zero-order chi connectivity index (χ0) is 26.5. The molecule has 0 unspecified atom stereocenters. The third-order valence-corrected chi connectivity index (χ3v) is 7.52. The number of rotatable bonds is 9. The Labute approximate surface area is 223 Å². The smallest absolute Gasteiger partial charge is 0.359 e. The van der Waals surface area contributed by atoms with Crippen LogP contribution in [0.3, 0.4) is 0 Å². The number of esters is 1. The molecular formula is C29H24N2O6S. The highest BCUT2D eigenvalue weighted by Gasteiger charge is 2.55. The molecule has 3 aromatic carbocycles. The van der Waals surface area contributed by atoms with E-state index >= 15 is 0 Å². The summed E-state index contributed by atoms with van der Waals surface area (Å²) in [7, 11) is 0. The fourth-order valence-corrected chi connectivity index (χ4v) is 5.74. The maximum absolute atomic E-state index is 13.6. The van der Waals surface area contributed by atoms with Gasteiger partial charge in [-0.05, 0) is 16.7 Å². The second-order valence-electron chi connectivity index (χ2n) is 8.71. The van der Waals surface area contributed by atoms with Crippen molar-refractivity contribution in [2.75, 3.05) is 5.75 Å². The summed E-state index contributed by atoms with van der Waals surface area (Å²) in [6.07, 6.45) is -0.622. The Morgan fingerprint density at radius 3 is 2.11 bits per heavy atom. The van der Waals surface area contributed by atoms with Crippen molar-refractivity contribution in [3.05, 3.63) is 119 Å². The number of fused-ring (bicyclic) bond motifs is 1. The normalized spacial score (nSPS) is 18.3. The van der Waals surface area contributed by atoms with E-state index in [9.17, 15) is 19.2 Å². The van der Waals surface area contributed by atoms with Crippen molar-refractivity contribution in [3.63, 3.8) is 0 Å². The van der Waals surface area contributed by atoms with Gasteiger partial charge in [0.15, 0.2) is 11.8 Å². The van der Waals surface area contributed by atoms with Gasteiger partial charge in [-0.15, -0.1) is 11.8 Å². The maximum atomic E-state index is 13.6. The Morgan fingerprint density at radius 2 is 1.53 bits per heavy atom. The molecule has 0 spiro atoms. The molecule has 1 N–H and O–H groups in total. The number of β-lactam (4-membered cyclic amide) rings is 1. The van der Waals surface area contributed by atoms with Crippen LogP contribution in [0.15, 0.2) is 102 Å². The quantitative estimate of drug-likeness (QED) is 0.258. The fraction of sp³-hybridized carbons (Fsp3) is 0.172. The van der Waals surface area contributed by atoms with E-state index in [1.165, 1.54) is 16.7 Å². The molecule has 0 aliphatic carbocycles. The molecule has 0 saturated carbocycles. The molecule has 5 rings (SSSR count). The van der Waals surface area contributed by atoms with Gasteiger partial charge in [0.05, 0.1) is 12.2 Å². The molecule has 0 aromatic heterocycles. The summed E-state index contributed by atoms with van der Waals surface area (Å²) in [5.41, 5.74) is 2.18. The first-order chi connectivity index (χ1) is 18.6. The molecule has 1 saturated heterocycles. The molecule has 3 aromatic rings. The molecule has 0 bridgehead atoms. The highest BCUT2D eigenvalue weighted by atomic mass is 32.2. The third-order valence-electron chi connectivity index (χ3n) is 6.27. The van der Waals surface area contributed by atoms with Crippen molar-refractivity contribution in [3.8, 4) is 0 Å². The van der Waals surface area contributed by atoms with Crippen LogP contribution in [0.2, 0.25) is 0 Å². The zero-order valence-electron chi connectivity index (χ0n) is 20.2. The van der Waals surface area contributed by atoms with Gasteiger partial charge in [0, 0.05) is 0 Å². The van der Waals surface area contributed by atoms with E-state index in [0.29, 0.717) is 0 Å². The number of carbonyl (C=O) groups excluding carboxylic acids is 4. The van der Waals surface area contributed by atoms with Crippen LogP contribution in [0.4, 0.5) is 0 Å². The molecule has 8 nitrogen and oxygen atoms in total. The summed E-state index contributed by atoms with van der Waals surface area (Å²) >= 11 is 1.29. The van der Waals surface area contributed by atoms with Crippen molar-refractivity contribution in [2.24, 2.45) is 0 Å². The molecule has 38 heavy (non-hydrogen) atoms. The summed E-state index contributed by atoms with van der Waals surface area (Å²) in [4.78, 5) is 51.8. The molecule has 1 fully saturated rings. The number of thioether (sulfide) groups is 1. The highest BCUT2D eigenvalue weighted by molar-refractivity contribution is 8.00. The minimum Gasteiger partial charge on any atom is -0.448 e. The standard InChI is InChI=1S/C29H24N2O6S/c32-18-36-22-17-38-28-24(30-23(33)16-19-10-4-1-5-11-19)27(34)31(28)25(22)29(35)37-26(20-12-6-2-7-13-20)21-14-8-3-9-15-21/h1-15,18,24,26,28H,16-17H2,(H,30,33)/t24-,28-/m1/s1. The van der Waals surface area contributed by atoms with Crippen LogP contribution in [0.25, 0.3) is 0 Å². The van der Waals surface area contributed by atoms with E-state index in [0.717, 1.165) is 16.7 Å². The van der Waals surface area contributed by atoms with Crippen LogP contribution in [-0.4, -0.2) is 46.3 Å². The van der Waals surface area contributed by atoms with Crippen LogP contribution in [0, 0.1) is 0 Å². The van der Waals surface area contributed by atoms with Crippen molar-refractivity contribution in [1.29, 1.82) is 0 Å².